The van der Waals surface area contributed by atoms with E-state index in [0.29, 0.717) is 18.2 Å². The molecule has 0 aliphatic carbocycles. The SMILES string of the molecule is C=C(C)CNc1ccc(-n2ccc3cc(N(CC(=O)OC(C)(C)C)S(=O)(=O)c4cc(Cl)cc(Cl)c4)ccc32)nn1. The van der Waals surface area contributed by atoms with Crippen LogP contribution in [0.5, 0.6) is 0 Å². The van der Waals surface area contributed by atoms with Gasteiger partial charge in [-0.1, -0.05) is 35.4 Å². The number of fused-ring (bicyclic) bond motifs is 1. The molecule has 2 heterocycles. The van der Waals surface area contributed by atoms with Crippen LogP contribution in [0.3, 0.4) is 0 Å². The highest BCUT2D eigenvalue weighted by Gasteiger charge is 2.30. The van der Waals surface area contributed by atoms with E-state index in [1.54, 1.807) is 39.0 Å². The van der Waals surface area contributed by atoms with Crippen LogP contribution in [0.15, 0.2) is 77.8 Å². The fraction of sp³-hybridized carbons (Fsp3) is 0.250. The van der Waals surface area contributed by atoms with Crippen LogP contribution in [0.4, 0.5) is 11.5 Å². The Morgan fingerprint density at radius 3 is 2.35 bits per heavy atom. The molecule has 40 heavy (non-hydrogen) atoms. The van der Waals surface area contributed by atoms with Crippen LogP contribution < -0.4 is 9.62 Å². The first-order valence-electron chi connectivity index (χ1n) is 12.3. The van der Waals surface area contributed by atoms with Gasteiger partial charge in [-0.15, -0.1) is 10.2 Å². The van der Waals surface area contributed by atoms with Gasteiger partial charge in [-0.3, -0.25) is 13.7 Å². The molecule has 4 rings (SSSR count). The molecule has 0 fully saturated rings. The van der Waals surface area contributed by atoms with Crippen molar-refractivity contribution in [2.75, 3.05) is 22.7 Å². The van der Waals surface area contributed by atoms with Gasteiger partial charge in [0.05, 0.1) is 16.1 Å². The zero-order valence-corrected chi connectivity index (χ0v) is 24.8. The van der Waals surface area contributed by atoms with Crippen LogP contribution in [0.2, 0.25) is 10.0 Å². The Hall–Kier alpha value is -3.60. The molecule has 0 bridgehead atoms. The minimum absolute atomic E-state index is 0.151. The molecule has 0 unspecified atom stereocenters. The maximum Gasteiger partial charge on any atom is 0.327 e. The van der Waals surface area contributed by atoms with Gasteiger partial charge in [-0.2, -0.15) is 0 Å². The lowest BCUT2D eigenvalue weighted by atomic mass is 10.2. The van der Waals surface area contributed by atoms with Crippen molar-refractivity contribution < 1.29 is 17.9 Å². The first-order valence-corrected chi connectivity index (χ1v) is 14.5. The number of esters is 1. The van der Waals surface area contributed by atoms with E-state index in [2.05, 4.69) is 22.1 Å². The highest BCUT2D eigenvalue weighted by atomic mass is 35.5. The van der Waals surface area contributed by atoms with E-state index in [4.69, 9.17) is 27.9 Å². The second kappa shape index (κ2) is 11.5. The number of aromatic nitrogens is 3. The molecule has 12 heteroatoms. The van der Waals surface area contributed by atoms with Gasteiger partial charge in [0.15, 0.2) is 5.82 Å². The molecule has 2 aromatic carbocycles. The second-order valence-electron chi connectivity index (χ2n) is 10.2. The first-order chi connectivity index (χ1) is 18.7. The van der Waals surface area contributed by atoms with Gasteiger partial charge >= 0.3 is 5.97 Å². The Bertz CT molecular complexity index is 1660. The number of sulfonamides is 1. The summed E-state index contributed by atoms with van der Waals surface area (Å²) in [4.78, 5) is 12.7. The summed E-state index contributed by atoms with van der Waals surface area (Å²) < 4.78 is 35.8. The molecule has 1 N–H and O–H groups in total. The third-order valence-electron chi connectivity index (χ3n) is 5.55. The molecule has 0 amide bonds. The highest BCUT2D eigenvalue weighted by molar-refractivity contribution is 7.92. The molecule has 0 atom stereocenters. The molecule has 2 aromatic heterocycles. The minimum Gasteiger partial charge on any atom is -0.459 e. The molecular weight excluding hydrogens is 573 g/mol. The van der Waals surface area contributed by atoms with Gasteiger partial charge in [0.25, 0.3) is 10.0 Å². The number of benzene rings is 2. The van der Waals surface area contributed by atoms with Crippen LogP contribution in [0, 0.1) is 0 Å². The smallest absolute Gasteiger partial charge is 0.327 e. The van der Waals surface area contributed by atoms with Crippen LogP contribution in [-0.2, 0) is 19.6 Å². The van der Waals surface area contributed by atoms with Gasteiger partial charge in [-0.05, 0) is 82.3 Å². The highest BCUT2D eigenvalue weighted by Crippen LogP contribution is 2.31. The summed E-state index contributed by atoms with van der Waals surface area (Å²) in [7, 11) is -4.26. The van der Waals surface area contributed by atoms with E-state index in [-0.39, 0.29) is 20.6 Å². The Kier molecular flexibility index (Phi) is 8.44. The van der Waals surface area contributed by atoms with E-state index >= 15 is 0 Å². The van der Waals surface area contributed by atoms with Crippen molar-refractivity contribution in [1.82, 2.24) is 14.8 Å². The quantitative estimate of drug-likeness (QED) is 0.178. The van der Waals surface area contributed by atoms with Crippen LogP contribution in [-0.4, -0.2) is 47.8 Å². The topological polar surface area (TPSA) is 106 Å². The standard InChI is InChI=1S/C28H29Cl2N5O4S/c1-18(2)16-31-25-8-9-26(33-32-25)34-11-10-19-12-22(6-7-24(19)34)35(17-27(36)39-28(3,4)5)40(37,38)23-14-20(29)13-21(30)15-23/h6-15H,1,16-17H2,2-5H3,(H,31,32). The molecule has 0 aliphatic heterocycles. The molecule has 0 saturated heterocycles. The Morgan fingerprint density at radius 2 is 1.75 bits per heavy atom. The van der Waals surface area contributed by atoms with E-state index in [1.165, 1.54) is 18.2 Å². The fourth-order valence-corrected chi connectivity index (χ4v) is 6.01. The van der Waals surface area contributed by atoms with Crippen molar-refractivity contribution in [2.24, 2.45) is 0 Å². The third kappa shape index (κ3) is 6.93. The number of nitrogens with zero attached hydrogens (tertiary/aromatic N) is 4. The predicted molar refractivity (Wildman–Crippen MR) is 159 cm³/mol. The summed E-state index contributed by atoms with van der Waals surface area (Å²) in [6, 6.07) is 14.5. The molecule has 0 spiro atoms. The lowest BCUT2D eigenvalue weighted by Crippen LogP contribution is -2.39. The number of carbonyl (C=O) groups is 1. The Morgan fingerprint density at radius 1 is 1.05 bits per heavy atom. The number of rotatable bonds is 9. The van der Waals surface area contributed by atoms with E-state index < -0.39 is 28.1 Å². The molecule has 0 radical (unpaired) electrons. The number of nitrogens with one attached hydrogen (secondary N) is 1. The Labute approximate surface area is 243 Å². The van der Waals surface area contributed by atoms with Gasteiger partial charge in [0.2, 0.25) is 0 Å². The average molecular weight is 603 g/mol. The van der Waals surface area contributed by atoms with Crippen molar-refractivity contribution in [1.29, 1.82) is 0 Å². The number of hydrogen-bond donors (Lipinski definition) is 1. The molecule has 0 saturated carbocycles. The van der Waals surface area contributed by atoms with Crippen molar-refractivity contribution in [3.63, 3.8) is 0 Å². The number of halogens is 2. The van der Waals surface area contributed by atoms with Crippen LogP contribution in [0.1, 0.15) is 27.7 Å². The number of carbonyl (C=O) groups excluding carboxylic acids is 1. The van der Waals surface area contributed by atoms with E-state index in [0.717, 1.165) is 20.8 Å². The molecule has 210 valence electrons. The lowest BCUT2D eigenvalue weighted by Gasteiger charge is -2.26. The summed E-state index contributed by atoms with van der Waals surface area (Å²) in [5.74, 6) is 0.488. The van der Waals surface area contributed by atoms with Crippen molar-refractivity contribution in [3.8, 4) is 5.82 Å². The lowest BCUT2D eigenvalue weighted by molar-refractivity contribution is -0.152. The monoisotopic (exact) mass is 601 g/mol. The number of ether oxygens (including phenoxy) is 1. The predicted octanol–water partition coefficient (Wildman–Crippen LogP) is 6.25. The molecule has 0 aliphatic rings. The van der Waals surface area contributed by atoms with Gasteiger partial charge < -0.3 is 10.1 Å². The van der Waals surface area contributed by atoms with Crippen LogP contribution >= 0.6 is 23.2 Å². The molecular formula is C28H29Cl2N5O4S. The summed E-state index contributed by atoms with van der Waals surface area (Å²) >= 11 is 12.2. The molecule has 4 aromatic rings. The minimum atomic E-state index is -4.26. The van der Waals surface area contributed by atoms with Crippen molar-refractivity contribution >= 4 is 61.6 Å². The first kappa shape index (κ1) is 29.4. The average Bonchev–Trinajstić information content (AvgIpc) is 3.28. The summed E-state index contributed by atoms with van der Waals surface area (Å²) in [5.41, 5.74) is 1.20. The fourth-order valence-electron chi connectivity index (χ4n) is 3.89. The van der Waals surface area contributed by atoms with E-state index in [1.807, 2.05) is 35.9 Å². The maximum absolute atomic E-state index is 13.8. The van der Waals surface area contributed by atoms with Crippen molar-refractivity contribution in [3.05, 3.63) is 83.0 Å². The van der Waals surface area contributed by atoms with Gasteiger partial charge in [-0.25, -0.2) is 8.42 Å². The zero-order chi connectivity index (χ0) is 29.2. The number of anilines is 2. The Balaban J connectivity index is 1.72. The number of hydrogen-bond acceptors (Lipinski definition) is 7. The summed E-state index contributed by atoms with van der Waals surface area (Å²) in [5, 5.41) is 12.7. The zero-order valence-electron chi connectivity index (χ0n) is 22.5. The van der Waals surface area contributed by atoms with Crippen LogP contribution in [0.25, 0.3) is 16.7 Å². The largest absolute Gasteiger partial charge is 0.459 e. The second-order valence-corrected chi connectivity index (χ2v) is 13.0. The maximum atomic E-state index is 13.8. The third-order valence-corrected chi connectivity index (χ3v) is 7.74. The van der Waals surface area contributed by atoms with Gasteiger partial charge in [0.1, 0.15) is 18.0 Å². The van der Waals surface area contributed by atoms with Gasteiger partial charge in [0, 0.05) is 28.2 Å². The summed E-state index contributed by atoms with van der Waals surface area (Å²) in [6.07, 6.45) is 1.81. The van der Waals surface area contributed by atoms with E-state index in [9.17, 15) is 13.2 Å². The molecule has 9 nitrogen and oxygen atoms in total. The normalized spacial score (nSPS) is 11.8. The summed E-state index contributed by atoms with van der Waals surface area (Å²) in [6.45, 7) is 10.9. The van der Waals surface area contributed by atoms with Crippen molar-refractivity contribution in [2.45, 2.75) is 38.2 Å².